The molecule has 0 aliphatic heterocycles. The summed E-state index contributed by atoms with van der Waals surface area (Å²) in [5.41, 5.74) is 0.789. The van der Waals surface area contributed by atoms with Gasteiger partial charge < -0.3 is 0 Å². The largest absolute Gasteiger partial charge is 0.275 e. The molecule has 120 valence electrons. The first kappa shape index (κ1) is 17.7. The van der Waals surface area contributed by atoms with Gasteiger partial charge in [0.2, 0.25) is 10.0 Å². The van der Waals surface area contributed by atoms with Crippen LogP contribution in [-0.4, -0.2) is 29.0 Å². The molecule has 1 aromatic heterocycles. The number of hydrogen-bond acceptors (Lipinski definition) is 3. The minimum Gasteiger partial charge on any atom is -0.275 e. The second-order valence-electron chi connectivity index (χ2n) is 4.65. The summed E-state index contributed by atoms with van der Waals surface area (Å²) in [5, 5.41) is 4.22. The van der Waals surface area contributed by atoms with Crippen molar-refractivity contribution in [2.45, 2.75) is 18.4 Å². The van der Waals surface area contributed by atoms with Gasteiger partial charge in [0.1, 0.15) is 4.90 Å². The zero-order chi connectivity index (χ0) is 16.5. The number of sulfonamides is 1. The number of halogens is 3. The van der Waals surface area contributed by atoms with E-state index >= 15 is 0 Å². The third kappa shape index (κ3) is 3.65. The number of aryl methyl sites for hydroxylation is 1. The lowest BCUT2D eigenvalue weighted by molar-refractivity contribution is 0.423. The van der Waals surface area contributed by atoms with Gasteiger partial charge in [-0.15, -0.1) is 0 Å². The molecule has 1 heterocycles. The van der Waals surface area contributed by atoms with Crippen LogP contribution in [0.5, 0.6) is 0 Å². The quantitative estimate of drug-likeness (QED) is 0.732. The number of benzene rings is 1. The molecule has 0 aliphatic carbocycles. The summed E-state index contributed by atoms with van der Waals surface area (Å²) in [5.74, 6) is 0. The summed E-state index contributed by atoms with van der Waals surface area (Å²) >= 11 is 15.4. The van der Waals surface area contributed by atoms with Crippen LogP contribution in [0.3, 0.4) is 0 Å². The summed E-state index contributed by atoms with van der Waals surface area (Å²) in [6.07, 6.45) is 3.39. The molecule has 0 fully saturated rings. The SMILES string of the molecule is CCN(Cc1cnn(C)c1)S(=O)(=O)c1c(Cl)cc(Br)cc1Cl. The van der Waals surface area contributed by atoms with Crippen molar-refractivity contribution in [1.29, 1.82) is 0 Å². The van der Waals surface area contributed by atoms with Crippen LogP contribution < -0.4 is 0 Å². The molecule has 9 heteroatoms. The summed E-state index contributed by atoms with van der Waals surface area (Å²) < 4.78 is 29.2. The predicted molar refractivity (Wildman–Crippen MR) is 90.6 cm³/mol. The summed E-state index contributed by atoms with van der Waals surface area (Å²) in [4.78, 5) is -0.0789. The molecule has 0 N–H and O–H groups in total. The van der Waals surface area contributed by atoms with Crippen LogP contribution in [0.1, 0.15) is 12.5 Å². The van der Waals surface area contributed by atoms with Crippen molar-refractivity contribution in [1.82, 2.24) is 14.1 Å². The van der Waals surface area contributed by atoms with Gasteiger partial charge in [0, 0.05) is 36.4 Å². The highest BCUT2D eigenvalue weighted by molar-refractivity contribution is 9.10. The Morgan fingerprint density at radius 3 is 2.36 bits per heavy atom. The van der Waals surface area contributed by atoms with Crippen molar-refractivity contribution >= 4 is 49.2 Å². The fourth-order valence-electron chi connectivity index (χ4n) is 2.03. The Labute approximate surface area is 148 Å². The van der Waals surface area contributed by atoms with Gasteiger partial charge in [-0.2, -0.15) is 9.40 Å². The van der Waals surface area contributed by atoms with E-state index in [1.807, 2.05) is 0 Å². The molecule has 0 aliphatic rings. The van der Waals surface area contributed by atoms with E-state index < -0.39 is 10.0 Å². The van der Waals surface area contributed by atoms with E-state index in [4.69, 9.17) is 23.2 Å². The Hall–Kier alpha value is -0.600. The highest BCUT2D eigenvalue weighted by Gasteiger charge is 2.29. The van der Waals surface area contributed by atoms with Crippen LogP contribution in [0.4, 0.5) is 0 Å². The lowest BCUT2D eigenvalue weighted by Gasteiger charge is -2.21. The Balaban J connectivity index is 2.43. The first-order valence-electron chi connectivity index (χ1n) is 6.38. The average molecular weight is 427 g/mol. The van der Waals surface area contributed by atoms with E-state index in [0.717, 1.165) is 5.56 Å². The van der Waals surface area contributed by atoms with E-state index in [-0.39, 0.29) is 21.5 Å². The smallest absolute Gasteiger partial charge is 0.246 e. The second-order valence-corrected chi connectivity index (χ2v) is 8.26. The van der Waals surface area contributed by atoms with Crippen LogP contribution in [0, 0.1) is 0 Å². The first-order valence-corrected chi connectivity index (χ1v) is 9.36. The predicted octanol–water partition coefficient (Wildman–Crippen LogP) is 3.70. The van der Waals surface area contributed by atoms with Crippen molar-refractivity contribution in [3.05, 3.63) is 44.6 Å². The molecule has 0 bridgehead atoms. The Morgan fingerprint density at radius 2 is 1.91 bits per heavy atom. The van der Waals surface area contributed by atoms with Crippen LogP contribution in [-0.2, 0) is 23.6 Å². The molecule has 0 unspecified atom stereocenters. The Bertz CT molecular complexity index is 769. The van der Waals surface area contributed by atoms with Crippen molar-refractivity contribution < 1.29 is 8.42 Å². The zero-order valence-corrected chi connectivity index (χ0v) is 15.8. The van der Waals surface area contributed by atoms with Crippen molar-refractivity contribution in [2.24, 2.45) is 7.05 Å². The van der Waals surface area contributed by atoms with Gasteiger partial charge in [-0.05, 0) is 12.1 Å². The molecule has 0 amide bonds. The average Bonchev–Trinajstić information content (AvgIpc) is 2.79. The van der Waals surface area contributed by atoms with Crippen LogP contribution in [0.25, 0.3) is 0 Å². The summed E-state index contributed by atoms with van der Waals surface area (Å²) in [7, 11) is -2.03. The molecule has 0 radical (unpaired) electrons. The Kier molecular flexibility index (Phi) is 5.55. The lowest BCUT2D eigenvalue weighted by Crippen LogP contribution is -2.30. The van der Waals surface area contributed by atoms with Gasteiger partial charge in [-0.25, -0.2) is 8.42 Å². The molecular formula is C13H14BrCl2N3O2S. The molecule has 0 saturated carbocycles. The molecule has 1 aromatic carbocycles. The maximum Gasteiger partial charge on any atom is 0.246 e. The van der Waals surface area contributed by atoms with Gasteiger partial charge >= 0.3 is 0 Å². The van der Waals surface area contributed by atoms with Crippen molar-refractivity contribution in [3.63, 3.8) is 0 Å². The van der Waals surface area contributed by atoms with E-state index in [1.54, 1.807) is 31.0 Å². The molecular weight excluding hydrogens is 413 g/mol. The first-order chi connectivity index (χ1) is 10.3. The van der Waals surface area contributed by atoms with E-state index in [2.05, 4.69) is 21.0 Å². The fourth-order valence-corrected chi connectivity index (χ4v) is 5.35. The minimum atomic E-state index is -3.81. The van der Waals surface area contributed by atoms with E-state index in [9.17, 15) is 8.42 Å². The maximum atomic E-state index is 12.8. The number of aromatic nitrogens is 2. The molecule has 22 heavy (non-hydrogen) atoms. The molecule has 2 rings (SSSR count). The van der Waals surface area contributed by atoms with Gasteiger partial charge in [-0.1, -0.05) is 46.1 Å². The standard InChI is InChI=1S/C13H14BrCl2N3O2S/c1-3-19(8-9-6-17-18(2)7-9)22(20,21)13-11(15)4-10(14)5-12(13)16/h4-7H,3,8H2,1-2H3. The highest BCUT2D eigenvalue weighted by atomic mass is 79.9. The lowest BCUT2D eigenvalue weighted by atomic mass is 10.3. The summed E-state index contributed by atoms with van der Waals surface area (Å²) in [6.45, 7) is 2.25. The molecule has 0 atom stereocenters. The number of rotatable bonds is 5. The summed E-state index contributed by atoms with van der Waals surface area (Å²) in [6, 6.07) is 3.02. The van der Waals surface area contributed by atoms with E-state index in [1.165, 1.54) is 16.4 Å². The van der Waals surface area contributed by atoms with Gasteiger partial charge in [0.15, 0.2) is 0 Å². The van der Waals surface area contributed by atoms with Crippen molar-refractivity contribution in [3.8, 4) is 0 Å². The Morgan fingerprint density at radius 1 is 1.32 bits per heavy atom. The highest BCUT2D eigenvalue weighted by Crippen LogP contribution is 2.35. The second kappa shape index (κ2) is 6.88. The monoisotopic (exact) mass is 425 g/mol. The number of hydrogen-bond donors (Lipinski definition) is 0. The van der Waals surface area contributed by atoms with Crippen LogP contribution >= 0.6 is 39.1 Å². The number of nitrogens with zero attached hydrogens (tertiary/aromatic N) is 3. The zero-order valence-electron chi connectivity index (χ0n) is 11.9. The van der Waals surface area contributed by atoms with Gasteiger partial charge in [0.25, 0.3) is 0 Å². The molecule has 0 saturated heterocycles. The van der Waals surface area contributed by atoms with Gasteiger partial charge in [0.05, 0.1) is 16.2 Å². The van der Waals surface area contributed by atoms with Gasteiger partial charge in [-0.3, -0.25) is 4.68 Å². The normalized spacial score (nSPS) is 12.1. The third-order valence-corrected chi connectivity index (χ3v) is 6.33. The van der Waals surface area contributed by atoms with Crippen LogP contribution in [0.15, 0.2) is 33.9 Å². The fraction of sp³-hybridized carbons (Fsp3) is 0.308. The van der Waals surface area contributed by atoms with Crippen LogP contribution in [0.2, 0.25) is 10.0 Å². The van der Waals surface area contributed by atoms with Crippen molar-refractivity contribution in [2.75, 3.05) is 6.54 Å². The molecule has 2 aromatic rings. The minimum absolute atomic E-state index is 0.0789. The molecule has 0 spiro atoms. The maximum absolute atomic E-state index is 12.8. The molecule has 5 nitrogen and oxygen atoms in total. The topological polar surface area (TPSA) is 55.2 Å². The third-order valence-electron chi connectivity index (χ3n) is 3.03. The van der Waals surface area contributed by atoms with E-state index in [0.29, 0.717) is 11.0 Å².